The van der Waals surface area contributed by atoms with Gasteiger partial charge in [0.1, 0.15) is 5.76 Å². The summed E-state index contributed by atoms with van der Waals surface area (Å²) in [5.41, 5.74) is 0. The SMILES string of the molecule is CC1CCN(C(=O)NCc2ccc(C(=O)O)o2)CC1. The molecule has 0 saturated carbocycles. The first-order valence-corrected chi connectivity index (χ1v) is 6.41. The number of carboxylic acids is 1. The number of likely N-dealkylation sites (tertiary alicyclic amines) is 1. The maximum Gasteiger partial charge on any atom is 0.371 e. The van der Waals surface area contributed by atoms with E-state index in [4.69, 9.17) is 9.52 Å². The summed E-state index contributed by atoms with van der Waals surface area (Å²) in [7, 11) is 0. The highest BCUT2D eigenvalue weighted by molar-refractivity contribution is 5.84. The Bertz CT molecular complexity index is 461. The summed E-state index contributed by atoms with van der Waals surface area (Å²) in [5, 5.41) is 11.5. The Labute approximate surface area is 111 Å². The van der Waals surface area contributed by atoms with Crippen LogP contribution in [0.3, 0.4) is 0 Å². The summed E-state index contributed by atoms with van der Waals surface area (Å²) in [5.74, 6) is -0.109. The zero-order valence-electron chi connectivity index (χ0n) is 10.9. The highest BCUT2D eigenvalue weighted by Gasteiger charge is 2.20. The molecule has 19 heavy (non-hydrogen) atoms. The van der Waals surface area contributed by atoms with Crippen LogP contribution >= 0.6 is 0 Å². The molecule has 2 rings (SSSR count). The van der Waals surface area contributed by atoms with Gasteiger partial charge in [0, 0.05) is 13.1 Å². The molecular formula is C13H18N2O4. The van der Waals surface area contributed by atoms with Gasteiger partial charge in [-0.3, -0.25) is 0 Å². The number of carbonyl (C=O) groups is 2. The molecule has 1 aliphatic heterocycles. The van der Waals surface area contributed by atoms with Gasteiger partial charge in [-0.05, 0) is 30.9 Å². The summed E-state index contributed by atoms with van der Waals surface area (Å²) < 4.78 is 5.07. The zero-order valence-corrected chi connectivity index (χ0v) is 10.9. The van der Waals surface area contributed by atoms with Crippen LogP contribution in [-0.4, -0.2) is 35.1 Å². The fourth-order valence-electron chi connectivity index (χ4n) is 2.07. The van der Waals surface area contributed by atoms with Crippen molar-refractivity contribution in [2.24, 2.45) is 5.92 Å². The molecule has 0 aliphatic carbocycles. The molecular weight excluding hydrogens is 248 g/mol. The van der Waals surface area contributed by atoms with Crippen LogP contribution in [0.2, 0.25) is 0 Å². The zero-order chi connectivity index (χ0) is 13.8. The van der Waals surface area contributed by atoms with E-state index in [0.717, 1.165) is 25.9 Å². The van der Waals surface area contributed by atoms with Gasteiger partial charge >= 0.3 is 12.0 Å². The topological polar surface area (TPSA) is 82.8 Å². The molecule has 0 atom stereocenters. The number of carbonyl (C=O) groups excluding carboxylic acids is 1. The van der Waals surface area contributed by atoms with Gasteiger partial charge < -0.3 is 19.7 Å². The van der Waals surface area contributed by atoms with E-state index in [1.54, 1.807) is 11.0 Å². The van der Waals surface area contributed by atoms with E-state index in [1.807, 2.05) is 0 Å². The average molecular weight is 266 g/mol. The third kappa shape index (κ3) is 3.49. The van der Waals surface area contributed by atoms with Crippen LogP contribution in [0.1, 0.15) is 36.1 Å². The summed E-state index contributed by atoms with van der Waals surface area (Å²) in [6.07, 6.45) is 2.05. The Morgan fingerprint density at radius 2 is 2.11 bits per heavy atom. The molecule has 6 heteroatoms. The van der Waals surface area contributed by atoms with E-state index >= 15 is 0 Å². The van der Waals surface area contributed by atoms with Crippen molar-refractivity contribution < 1.29 is 19.1 Å². The van der Waals surface area contributed by atoms with Crippen LogP contribution in [0.15, 0.2) is 16.5 Å². The van der Waals surface area contributed by atoms with E-state index in [1.165, 1.54) is 6.07 Å². The van der Waals surface area contributed by atoms with Crippen molar-refractivity contribution in [3.05, 3.63) is 23.7 Å². The third-order valence-corrected chi connectivity index (χ3v) is 3.36. The smallest absolute Gasteiger partial charge is 0.371 e. The molecule has 0 radical (unpaired) electrons. The molecule has 0 spiro atoms. The standard InChI is InChI=1S/C13H18N2O4/c1-9-4-6-15(7-5-9)13(18)14-8-10-2-3-11(19-10)12(16)17/h2-3,9H,4-8H2,1H3,(H,14,18)(H,16,17). The van der Waals surface area contributed by atoms with Gasteiger partial charge in [0.15, 0.2) is 0 Å². The molecule has 2 amide bonds. The predicted octanol–water partition coefficient (Wildman–Crippen LogP) is 1.92. The number of hydrogen-bond acceptors (Lipinski definition) is 3. The lowest BCUT2D eigenvalue weighted by Crippen LogP contribution is -2.43. The maximum absolute atomic E-state index is 11.9. The molecule has 1 aromatic rings. The van der Waals surface area contributed by atoms with Crippen LogP contribution < -0.4 is 5.32 Å². The number of hydrogen-bond donors (Lipinski definition) is 2. The summed E-state index contributed by atoms with van der Waals surface area (Å²) in [4.78, 5) is 24.3. The van der Waals surface area contributed by atoms with Crippen molar-refractivity contribution in [1.82, 2.24) is 10.2 Å². The average Bonchev–Trinajstić information content (AvgIpc) is 2.86. The van der Waals surface area contributed by atoms with Gasteiger partial charge in [0.2, 0.25) is 5.76 Å². The summed E-state index contributed by atoms with van der Waals surface area (Å²) >= 11 is 0. The minimum atomic E-state index is -1.11. The number of nitrogens with zero attached hydrogens (tertiary/aromatic N) is 1. The molecule has 1 aliphatic rings. The van der Waals surface area contributed by atoms with Crippen molar-refractivity contribution in [2.75, 3.05) is 13.1 Å². The van der Waals surface area contributed by atoms with E-state index < -0.39 is 5.97 Å². The quantitative estimate of drug-likeness (QED) is 0.875. The van der Waals surface area contributed by atoms with E-state index in [9.17, 15) is 9.59 Å². The molecule has 0 aromatic carbocycles. The van der Waals surface area contributed by atoms with Crippen molar-refractivity contribution in [1.29, 1.82) is 0 Å². The molecule has 0 bridgehead atoms. The number of furan rings is 1. The predicted molar refractivity (Wildman–Crippen MR) is 67.9 cm³/mol. The Hall–Kier alpha value is -1.98. The Morgan fingerprint density at radius 1 is 1.42 bits per heavy atom. The second-order valence-electron chi connectivity index (χ2n) is 4.90. The fraction of sp³-hybridized carbons (Fsp3) is 0.538. The number of carboxylic acid groups (broad SMARTS) is 1. The van der Waals surface area contributed by atoms with E-state index in [0.29, 0.717) is 11.7 Å². The Balaban J connectivity index is 1.81. The summed E-state index contributed by atoms with van der Waals surface area (Å²) in [6.45, 7) is 3.93. The molecule has 1 saturated heterocycles. The summed E-state index contributed by atoms with van der Waals surface area (Å²) in [6, 6.07) is 2.81. The normalized spacial score (nSPS) is 16.4. The highest BCUT2D eigenvalue weighted by atomic mass is 16.4. The van der Waals surface area contributed by atoms with Crippen LogP contribution in [0.4, 0.5) is 4.79 Å². The van der Waals surface area contributed by atoms with Crippen molar-refractivity contribution >= 4 is 12.0 Å². The highest BCUT2D eigenvalue weighted by Crippen LogP contribution is 2.16. The fourth-order valence-corrected chi connectivity index (χ4v) is 2.07. The van der Waals surface area contributed by atoms with Crippen LogP contribution in [-0.2, 0) is 6.54 Å². The molecule has 1 fully saturated rings. The molecule has 0 unspecified atom stereocenters. The van der Waals surface area contributed by atoms with Gasteiger partial charge in [-0.1, -0.05) is 6.92 Å². The monoisotopic (exact) mass is 266 g/mol. The van der Waals surface area contributed by atoms with Gasteiger partial charge in [-0.25, -0.2) is 9.59 Å². The minimum absolute atomic E-state index is 0.115. The number of aromatic carboxylic acids is 1. The molecule has 2 heterocycles. The molecule has 6 nitrogen and oxygen atoms in total. The van der Waals surface area contributed by atoms with Crippen LogP contribution in [0.25, 0.3) is 0 Å². The largest absolute Gasteiger partial charge is 0.475 e. The first kappa shape index (κ1) is 13.5. The molecule has 2 N–H and O–H groups in total. The second kappa shape index (κ2) is 5.77. The van der Waals surface area contributed by atoms with Crippen molar-refractivity contribution in [3.63, 3.8) is 0 Å². The number of nitrogens with one attached hydrogen (secondary N) is 1. The third-order valence-electron chi connectivity index (χ3n) is 3.36. The maximum atomic E-state index is 11.9. The van der Waals surface area contributed by atoms with E-state index in [2.05, 4.69) is 12.2 Å². The van der Waals surface area contributed by atoms with Crippen LogP contribution in [0, 0.1) is 5.92 Å². The van der Waals surface area contributed by atoms with Crippen molar-refractivity contribution in [2.45, 2.75) is 26.3 Å². The lowest BCUT2D eigenvalue weighted by molar-refractivity contribution is 0.0660. The van der Waals surface area contributed by atoms with Crippen LogP contribution in [0.5, 0.6) is 0 Å². The first-order valence-electron chi connectivity index (χ1n) is 6.41. The second-order valence-corrected chi connectivity index (χ2v) is 4.90. The lowest BCUT2D eigenvalue weighted by Gasteiger charge is -2.30. The molecule has 1 aromatic heterocycles. The van der Waals surface area contributed by atoms with Gasteiger partial charge in [-0.2, -0.15) is 0 Å². The first-order chi connectivity index (χ1) is 9.06. The van der Waals surface area contributed by atoms with E-state index in [-0.39, 0.29) is 18.3 Å². The van der Waals surface area contributed by atoms with Gasteiger partial charge in [0.25, 0.3) is 0 Å². The Morgan fingerprint density at radius 3 is 2.68 bits per heavy atom. The minimum Gasteiger partial charge on any atom is -0.475 e. The number of piperidine rings is 1. The lowest BCUT2D eigenvalue weighted by atomic mass is 10.00. The van der Waals surface area contributed by atoms with Gasteiger partial charge in [0.05, 0.1) is 6.54 Å². The Kier molecular flexibility index (Phi) is 4.09. The number of amides is 2. The van der Waals surface area contributed by atoms with Gasteiger partial charge in [-0.15, -0.1) is 0 Å². The molecule has 104 valence electrons. The van der Waals surface area contributed by atoms with Crippen molar-refractivity contribution in [3.8, 4) is 0 Å². The number of urea groups is 1. The number of rotatable bonds is 3.